The summed E-state index contributed by atoms with van der Waals surface area (Å²) in [4.78, 5) is 46.2. The second-order valence-corrected chi connectivity index (χ2v) is 8.39. The molecule has 3 rings (SSSR count). The van der Waals surface area contributed by atoms with Crippen molar-refractivity contribution < 1.29 is 39.6 Å². The van der Waals surface area contributed by atoms with E-state index in [0.717, 1.165) is 32.5 Å². The van der Waals surface area contributed by atoms with Gasteiger partial charge >= 0.3 is 23.9 Å². The first-order chi connectivity index (χ1) is 17.4. The number of fused-ring (bicyclic) bond motifs is 1. The largest absolute Gasteiger partial charge is 0.478 e. The van der Waals surface area contributed by atoms with Crippen LogP contribution in [-0.4, -0.2) is 99.9 Å². The first-order valence-electron chi connectivity index (χ1n) is 11.3. The molecule has 5 N–H and O–H groups in total. The molecular formula is C26H33N3O8. The van der Waals surface area contributed by atoms with Crippen LogP contribution in [-0.2, 0) is 25.6 Å². The SMILES string of the molecule is CN(C)CCc1c[nH]c2ccc(C3=CCN(C)CC3)cc12.O=C(O)/C=C/C(=O)O.O=C(O)/C=C/C(=O)O. The molecule has 1 aliphatic rings. The smallest absolute Gasteiger partial charge is 0.328 e. The monoisotopic (exact) mass is 515 g/mol. The van der Waals surface area contributed by atoms with Crippen LogP contribution in [0.2, 0.25) is 0 Å². The molecule has 2 heterocycles. The molecule has 1 aromatic heterocycles. The van der Waals surface area contributed by atoms with Crippen molar-refractivity contribution in [3.05, 3.63) is 65.9 Å². The lowest BCUT2D eigenvalue weighted by molar-refractivity contribution is -0.134. The molecule has 200 valence electrons. The van der Waals surface area contributed by atoms with E-state index in [4.69, 9.17) is 20.4 Å². The van der Waals surface area contributed by atoms with Crippen LogP contribution in [0, 0.1) is 0 Å². The number of aromatic nitrogens is 1. The van der Waals surface area contributed by atoms with Crippen molar-refractivity contribution in [3.63, 3.8) is 0 Å². The number of H-pyrrole nitrogens is 1. The standard InChI is InChI=1S/C18H25N3.2C4H4O4/c1-20(2)9-6-16-13-19-18-5-4-15(12-17(16)18)14-7-10-21(3)11-8-14;2*5-3(6)1-2-4(7)8/h4-5,7,12-13,19H,6,8-11H2,1-3H3;2*1-2H,(H,5,6)(H,7,8)/b;2*2-1+. The van der Waals surface area contributed by atoms with E-state index in [2.05, 4.69) is 66.4 Å². The molecule has 2 aromatic rings. The number of benzene rings is 1. The number of hydrogen-bond donors (Lipinski definition) is 5. The molecule has 11 heteroatoms. The zero-order valence-electron chi connectivity index (χ0n) is 21.0. The highest BCUT2D eigenvalue weighted by atomic mass is 16.4. The Balaban J connectivity index is 0.000000355. The van der Waals surface area contributed by atoms with Gasteiger partial charge in [-0.1, -0.05) is 12.1 Å². The molecule has 0 atom stereocenters. The number of nitrogens with one attached hydrogen (secondary N) is 1. The molecule has 0 saturated carbocycles. The van der Waals surface area contributed by atoms with E-state index in [9.17, 15) is 19.2 Å². The van der Waals surface area contributed by atoms with E-state index in [1.807, 2.05) is 0 Å². The second kappa shape index (κ2) is 15.7. The molecule has 0 bridgehead atoms. The Morgan fingerprint density at radius 3 is 1.92 bits per heavy atom. The molecule has 1 aliphatic heterocycles. The number of hydrogen-bond acceptors (Lipinski definition) is 6. The highest BCUT2D eigenvalue weighted by Crippen LogP contribution is 2.27. The molecule has 0 saturated heterocycles. The van der Waals surface area contributed by atoms with Gasteiger partial charge in [0.05, 0.1) is 0 Å². The van der Waals surface area contributed by atoms with E-state index < -0.39 is 23.9 Å². The minimum Gasteiger partial charge on any atom is -0.478 e. The van der Waals surface area contributed by atoms with Crippen molar-refractivity contribution >= 4 is 40.4 Å². The maximum absolute atomic E-state index is 9.55. The van der Waals surface area contributed by atoms with Crippen molar-refractivity contribution in [1.82, 2.24) is 14.8 Å². The molecule has 0 spiro atoms. The summed E-state index contributed by atoms with van der Waals surface area (Å²) in [5, 5.41) is 32.6. The summed E-state index contributed by atoms with van der Waals surface area (Å²) in [7, 11) is 6.44. The number of carbonyl (C=O) groups is 4. The summed E-state index contributed by atoms with van der Waals surface area (Å²) in [5.74, 6) is -5.03. The van der Waals surface area contributed by atoms with Gasteiger partial charge in [-0.15, -0.1) is 0 Å². The van der Waals surface area contributed by atoms with Gasteiger partial charge in [0.15, 0.2) is 0 Å². The third-order valence-corrected chi connectivity index (χ3v) is 5.12. The predicted molar refractivity (Wildman–Crippen MR) is 139 cm³/mol. The Morgan fingerprint density at radius 1 is 0.946 bits per heavy atom. The Morgan fingerprint density at radius 2 is 1.49 bits per heavy atom. The van der Waals surface area contributed by atoms with E-state index in [1.165, 1.54) is 27.6 Å². The van der Waals surface area contributed by atoms with Crippen molar-refractivity contribution in [3.8, 4) is 0 Å². The average Bonchev–Trinajstić information content (AvgIpc) is 3.23. The summed E-state index contributed by atoms with van der Waals surface area (Å²) >= 11 is 0. The topological polar surface area (TPSA) is 171 Å². The van der Waals surface area contributed by atoms with Crippen LogP contribution in [0.4, 0.5) is 0 Å². The highest BCUT2D eigenvalue weighted by molar-refractivity contribution is 5.90. The van der Waals surface area contributed by atoms with Gasteiger partial charge in [0.1, 0.15) is 0 Å². The highest BCUT2D eigenvalue weighted by Gasteiger charge is 2.11. The van der Waals surface area contributed by atoms with Gasteiger partial charge in [0, 0.05) is 61.0 Å². The number of nitrogens with zero attached hydrogens (tertiary/aromatic N) is 2. The van der Waals surface area contributed by atoms with E-state index >= 15 is 0 Å². The maximum Gasteiger partial charge on any atom is 0.328 e. The maximum atomic E-state index is 9.55. The number of carboxylic acid groups (broad SMARTS) is 4. The predicted octanol–water partition coefficient (Wildman–Crippen LogP) is 2.41. The summed E-state index contributed by atoms with van der Waals surface area (Å²) < 4.78 is 0. The minimum absolute atomic E-state index is 0.558. The van der Waals surface area contributed by atoms with Crippen LogP contribution in [0.5, 0.6) is 0 Å². The van der Waals surface area contributed by atoms with E-state index in [0.29, 0.717) is 24.3 Å². The number of carboxylic acids is 4. The Labute approximate surface area is 214 Å². The summed E-state index contributed by atoms with van der Waals surface area (Å²) in [5.41, 5.74) is 5.56. The number of aliphatic carboxylic acids is 4. The molecule has 0 fully saturated rings. The number of aromatic amines is 1. The first kappa shape index (κ1) is 30.8. The summed E-state index contributed by atoms with van der Waals surface area (Å²) in [6.45, 7) is 3.31. The van der Waals surface area contributed by atoms with Crippen molar-refractivity contribution in [2.24, 2.45) is 0 Å². The third kappa shape index (κ3) is 12.9. The van der Waals surface area contributed by atoms with Gasteiger partial charge < -0.3 is 35.2 Å². The van der Waals surface area contributed by atoms with E-state index in [-0.39, 0.29) is 0 Å². The zero-order valence-corrected chi connectivity index (χ0v) is 21.0. The second-order valence-electron chi connectivity index (χ2n) is 8.39. The molecular weight excluding hydrogens is 482 g/mol. The third-order valence-electron chi connectivity index (χ3n) is 5.12. The van der Waals surface area contributed by atoms with Crippen LogP contribution in [0.25, 0.3) is 16.5 Å². The van der Waals surface area contributed by atoms with Crippen LogP contribution >= 0.6 is 0 Å². The fourth-order valence-corrected chi connectivity index (χ4v) is 3.25. The Hall–Kier alpha value is -4.22. The lowest BCUT2D eigenvalue weighted by Gasteiger charge is -2.22. The number of rotatable bonds is 8. The lowest BCUT2D eigenvalue weighted by atomic mass is 9.97. The minimum atomic E-state index is -1.26. The van der Waals surface area contributed by atoms with Crippen LogP contribution in [0.15, 0.2) is 54.8 Å². The molecule has 1 aromatic carbocycles. The molecule has 11 nitrogen and oxygen atoms in total. The van der Waals surface area contributed by atoms with Crippen LogP contribution in [0.1, 0.15) is 17.5 Å². The van der Waals surface area contributed by atoms with Gasteiger partial charge in [-0.2, -0.15) is 0 Å². The normalized spacial score (nSPS) is 13.6. The lowest BCUT2D eigenvalue weighted by Crippen LogP contribution is -2.23. The Bertz CT molecular complexity index is 1110. The van der Waals surface area contributed by atoms with Gasteiger partial charge in [0.2, 0.25) is 0 Å². The summed E-state index contributed by atoms with van der Waals surface area (Å²) in [6.07, 6.45) is 9.02. The van der Waals surface area contributed by atoms with Crippen molar-refractivity contribution in [2.75, 3.05) is 40.8 Å². The van der Waals surface area contributed by atoms with Gasteiger partial charge in [-0.05, 0) is 62.8 Å². The average molecular weight is 516 g/mol. The van der Waals surface area contributed by atoms with Gasteiger partial charge in [-0.3, -0.25) is 0 Å². The van der Waals surface area contributed by atoms with Gasteiger partial charge in [-0.25, -0.2) is 19.2 Å². The molecule has 0 unspecified atom stereocenters. The van der Waals surface area contributed by atoms with Crippen molar-refractivity contribution in [1.29, 1.82) is 0 Å². The van der Waals surface area contributed by atoms with Crippen molar-refractivity contribution in [2.45, 2.75) is 12.8 Å². The van der Waals surface area contributed by atoms with Crippen LogP contribution < -0.4 is 0 Å². The fourth-order valence-electron chi connectivity index (χ4n) is 3.25. The zero-order chi connectivity index (χ0) is 28.0. The molecule has 0 radical (unpaired) electrons. The van der Waals surface area contributed by atoms with E-state index in [1.54, 1.807) is 0 Å². The van der Waals surface area contributed by atoms with Gasteiger partial charge in [0.25, 0.3) is 0 Å². The molecule has 37 heavy (non-hydrogen) atoms. The summed E-state index contributed by atoms with van der Waals surface area (Å²) in [6, 6.07) is 6.85. The fraction of sp³-hybridized carbons (Fsp3) is 0.308. The number of likely N-dealkylation sites (N-methyl/N-ethyl adjacent to an activating group) is 2. The quantitative estimate of drug-likeness (QED) is 0.329. The molecule has 0 aliphatic carbocycles. The Kier molecular flexibility index (Phi) is 13.1. The molecule has 0 amide bonds. The first-order valence-corrected chi connectivity index (χ1v) is 11.3. The van der Waals surface area contributed by atoms with Crippen LogP contribution in [0.3, 0.4) is 0 Å².